The van der Waals surface area contributed by atoms with Crippen LogP contribution < -0.4 is 0 Å². The number of hydrogen-bond donors (Lipinski definition) is 0. The summed E-state index contributed by atoms with van der Waals surface area (Å²) < 4.78 is 67.0. The van der Waals surface area contributed by atoms with Gasteiger partial charge < -0.3 is 9.47 Å². The van der Waals surface area contributed by atoms with Crippen LogP contribution in [0.15, 0.2) is 24.3 Å². The average Bonchev–Trinajstić information content (AvgIpc) is 2.48. The van der Waals surface area contributed by atoms with E-state index in [0.717, 1.165) is 19.1 Å². The number of alkyl halides is 3. The van der Waals surface area contributed by atoms with Crippen molar-refractivity contribution in [3.05, 3.63) is 35.6 Å². The van der Waals surface area contributed by atoms with Crippen LogP contribution in [-0.4, -0.2) is 40.9 Å². The Morgan fingerprint density at radius 3 is 2.26 bits per heavy atom. The molecule has 3 atom stereocenters. The van der Waals surface area contributed by atoms with E-state index in [1.165, 1.54) is 32.9 Å². The first-order chi connectivity index (χ1) is 12.2. The maximum absolute atomic E-state index is 15.3. The standard InChI is InChI=1S/C18H21F4NO4/c1-16(2,3)27-15(25)23-14(24)26-13(18(5,21)22)12(20)17(23,4)10-8-6-7-9-11(10)19/h6-9,12-13H,1-5H3/t12-,13-,17+/m0/s1. The third kappa shape index (κ3) is 3.86. The third-order valence-electron chi connectivity index (χ3n) is 4.17. The van der Waals surface area contributed by atoms with Gasteiger partial charge >= 0.3 is 12.2 Å². The molecule has 27 heavy (non-hydrogen) atoms. The molecule has 2 amide bonds. The van der Waals surface area contributed by atoms with Crippen molar-refractivity contribution in [1.82, 2.24) is 4.90 Å². The number of hydrogen-bond acceptors (Lipinski definition) is 4. The normalized spacial score (nSPS) is 26.6. The molecule has 1 fully saturated rings. The number of imide groups is 1. The number of cyclic esters (lactones) is 1. The summed E-state index contributed by atoms with van der Waals surface area (Å²) in [5, 5.41) is 0. The van der Waals surface area contributed by atoms with Crippen molar-refractivity contribution < 1.29 is 36.6 Å². The van der Waals surface area contributed by atoms with E-state index in [1.54, 1.807) is 0 Å². The van der Waals surface area contributed by atoms with Gasteiger partial charge in [-0.05, 0) is 33.8 Å². The van der Waals surface area contributed by atoms with Gasteiger partial charge in [0.15, 0.2) is 6.17 Å². The summed E-state index contributed by atoms with van der Waals surface area (Å²) in [5.41, 5.74) is -3.94. The van der Waals surface area contributed by atoms with E-state index in [0.29, 0.717) is 6.92 Å². The van der Waals surface area contributed by atoms with Crippen LogP contribution in [0.25, 0.3) is 0 Å². The molecule has 0 aliphatic carbocycles. The Balaban J connectivity index is 2.65. The van der Waals surface area contributed by atoms with E-state index in [4.69, 9.17) is 4.74 Å². The molecule has 1 saturated heterocycles. The molecule has 1 aromatic rings. The van der Waals surface area contributed by atoms with E-state index in [-0.39, 0.29) is 4.90 Å². The zero-order valence-corrected chi connectivity index (χ0v) is 15.6. The maximum Gasteiger partial charge on any atom is 0.420 e. The molecular formula is C18H21F4NO4. The van der Waals surface area contributed by atoms with Crippen LogP contribution in [0.5, 0.6) is 0 Å². The van der Waals surface area contributed by atoms with Gasteiger partial charge in [0.1, 0.15) is 17.0 Å². The monoisotopic (exact) mass is 391 g/mol. The van der Waals surface area contributed by atoms with Crippen molar-refractivity contribution in [2.75, 3.05) is 0 Å². The SMILES string of the molecule is CC(C)(C)OC(=O)N1C(=O)O[C@H](C(C)(F)F)[C@H](F)[C@@]1(C)c1ccccc1F. The average molecular weight is 391 g/mol. The minimum atomic E-state index is -3.76. The Bertz CT molecular complexity index is 744. The summed E-state index contributed by atoms with van der Waals surface area (Å²) in [4.78, 5) is 25.2. The number of nitrogens with zero attached hydrogens (tertiary/aromatic N) is 1. The number of benzene rings is 1. The lowest BCUT2D eigenvalue weighted by Crippen LogP contribution is -2.67. The molecule has 2 rings (SSSR count). The van der Waals surface area contributed by atoms with Crippen molar-refractivity contribution in [2.24, 2.45) is 0 Å². The molecule has 5 nitrogen and oxygen atoms in total. The first-order valence-corrected chi connectivity index (χ1v) is 8.20. The van der Waals surface area contributed by atoms with Crippen LogP contribution in [0.4, 0.5) is 27.2 Å². The molecule has 150 valence electrons. The minimum absolute atomic E-state index is 0.212. The Kier molecular flexibility index (Phi) is 5.20. The second kappa shape index (κ2) is 6.69. The van der Waals surface area contributed by atoms with Crippen molar-refractivity contribution in [1.29, 1.82) is 0 Å². The summed E-state index contributed by atoms with van der Waals surface area (Å²) in [6.45, 7) is 5.85. The van der Waals surface area contributed by atoms with Gasteiger partial charge in [-0.3, -0.25) is 0 Å². The van der Waals surface area contributed by atoms with Crippen molar-refractivity contribution in [2.45, 2.75) is 64.0 Å². The minimum Gasteiger partial charge on any atom is -0.443 e. The van der Waals surface area contributed by atoms with Gasteiger partial charge in [0.05, 0.1) is 0 Å². The fourth-order valence-corrected chi connectivity index (χ4v) is 2.90. The largest absolute Gasteiger partial charge is 0.443 e. The van der Waals surface area contributed by atoms with E-state index in [9.17, 15) is 22.8 Å². The highest BCUT2D eigenvalue weighted by Gasteiger charge is 2.63. The van der Waals surface area contributed by atoms with Crippen LogP contribution in [-0.2, 0) is 15.0 Å². The predicted octanol–water partition coefficient (Wildman–Crippen LogP) is 4.79. The fraction of sp³-hybridized carbons (Fsp3) is 0.556. The molecule has 0 N–H and O–H groups in total. The maximum atomic E-state index is 15.3. The molecule has 0 saturated carbocycles. The molecule has 0 unspecified atom stereocenters. The highest BCUT2D eigenvalue weighted by molar-refractivity contribution is 5.90. The Morgan fingerprint density at radius 2 is 1.78 bits per heavy atom. The summed E-state index contributed by atoms with van der Waals surface area (Å²) in [5.74, 6) is -4.73. The van der Waals surface area contributed by atoms with Gasteiger partial charge in [0.25, 0.3) is 5.92 Å². The number of halogens is 4. The van der Waals surface area contributed by atoms with Crippen molar-refractivity contribution in [3.8, 4) is 0 Å². The molecule has 9 heteroatoms. The highest BCUT2D eigenvalue weighted by atomic mass is 19.3. The van der Waals surface area contributed by atoms with Gasteiger partial charge in [0, 0.05) is 12.5 Å². The van der Waals surface area contributed by atoms with Crippen LogP contribution in [0.3, 0.4) is 0 Å². The Hall–Kier alpha value is -2.32. The summed E-state index contributed by atoms with van der Waals surface area (Å²) in [7, 11) is 0. The lowest BCUT2D eigenvalue weighted by molar-refractivity contribution is -0.182. The summed E-state index contributed by atoms with van der Waals surface area (Å²) in [6.07, 6.45) is -8.01. The van der Waals surface area contributed by atoms with Crippen molar-refractivity contribution >= 4 is 12.2 Å². The molecule has 0 spiro atoms. The molecule has 0 radical (unpaired) electrons. The van der Waals surface area contributed by atoms with E-state index in [2.05, 4.69) is 4.74 Å². The first-order valence-electron chi connectivity index (χ1n) is 8.20. The van der Waals surface area contributed by atoms with Crippen LogP contribution >= 0.6 is 0 Å². The number of amides is 2. The predicted molar refractivity (Wildman–Crippen MR) is 87.6 cm³/mol. The smallest absolute Gasteiger partial charge is 0.420 e. The zero-order valence-electron chi connectivity index (χ0n) is 15.6. The molecular weight excluding hydrogens is 370 g/mol. The van der Waals surface area contributed by atoms with Crippen LogP contribution in [0.2, 0.25) is 0 Å². The fourth-order valence-electron chi connectivity index (χ4n) is 2.90. The van der Waals surface area contributed by atoms with Gasteiger partial charge in [0.2, 0.25) is 6.10 Å². The van der Waals surface area contributed by atoms with E-state index >= 15 is 4.39 Å². The number of ether oxygens (including phenoxy) is 2. The molecule has 1 aliphatic rings. The first kappa shape index (κ1) is 21.0. The lowest BCUT2D eigenvalue weighted by atomic mass is 9.80. The molecule has 0 bridgehead atoms. The molecule has 1 aliphatic heterocycles. The summed E-state index contributed by atoms with van der Waals surface area (Å²) in [6, 6.07) is 4.73. The summed E-state index contributed by atoms with van der Waals surface area (Å²) >= 11 is 0. The Morgan fingerprint density at radius 1 is 1.22 bits per heavy atom. The van der Waals surface area contributed by atoms with Crippen LogP contribution in [0.1, 0.15) is 40.2 Å². The second-order valence-corrected chi connectivity index (χ2v) is 7.61. The molecule has 1 heterocycles. The molecule has 1 aromatic carbocycles. The van der Waals surface area contributed by atoms with Crippen molar-refractivity contribution in [3.63, 3.8) is 0 Å². The van der Waals surface area contributed by atoms with Gasteiger partial charge in [-0.2, -0.15) is 4.90 Å². The number of rotatable bonds is 2. The highest BCUT2D eigenvalue weighted by Crippen LogP contribution is 2.45. The quantitative estimate of drug-likeness (QED) is 0.681. The topological polar surface area (TPSA) is 55.8 Å². The van der Waals surface area contributed by atoms with Gasteiger partial charge in [-0.1, -0.05) is 18.2 Å². The van der Waals surface area contributed by atoms with E-state index < -0.39 is 52.9 Å². The number of carbonyl (C=O) groups excluding carboxylic acids is 2. The molecule has 0 aromatic heterocycles. The van der Waals surface area contributed by atoms with Gasteiger partial charge in [-0.15, -0.1) is 0 Å². The lowest BCUT2D eigenvalue weighted by Gasteiger charge is -2.48. The van der Waals surface area contributed by atoms with E-state index in [1.807, 2.05) is 0 Å². The third-order valence-corrected chi connectivity index (χ3v) is 4.17. The number of carbonyl (C=O) groups is 2. The Labute approximate surface area is 154 Å². The second-order valence-electron chi connectivity index (χ2n) is 7.61. The zero-order chi connectivity index (χ0) is 20.8. The van der Waals surface area contributed by atoms with Gasteiger partial charge in [-0.25, -0.2) is 27.2 Å². The van der Waals surface area contributed by atoms with Crippen LogP contribution in [0, 0.1) is 5.82 Å².